The van der Waals surface area contributed by atoms with Gasteiger partial charge in [-0.1, -0.05) is 6.92 Å². The van der Waals surface area contributed by atoms with Crippen LogP contribution in [0.1, 0.15) is 26.2 Å². The van der Waals surface area contributed by atoms with Gasteiger partial charge < -0.3 is 10.6 Å². The fourth-order valence-corrected chi connectivity index (χ4v) is 1.59. The molecule has 1 saturated heterocycles. The molecule has 2 N–H and O–H groups in total. The zero-order chi connectivity index (χ0) is 11.5. The number of halogens is 3. The van der Waals surface area contributed by atoms with Gasteiger partial charge in [0.1, 0.15) is 6.04 Å². The summed E-state index contributed by atoms with van der Waals surface area (Å²) >= 11 is 0. The average molecular weight is 224 g/mol. The highest BCUT2D eigenvalue weighted by Crippen LogP contribution is 2.26. The summed E-state index contributed by atoms with van der Waals surface area (Å²) in [6.07, 6.45) is -3.42. The third-order valence-corrected chi connectivity index (χ3v) is 2.50. The molecule has 1 heterocycles. The van der Waals surface area contributed by atoms with Gasteiger partial charge in [0.15, 0.2) is 0 Å². The highest BCUT2D eigenvalue weighted by molar-refractivity contribution is 5.75. The Balaban J connectivity index is 2.33. The molecule has 88 valence electrons. The maximum atomic E-state index is 12.2. The molecule has 1 aliphatic heterocycles. The monoisotopic (exact) mass is 224 g/mol. The normalized spacial score (nSPS) is 27.5. The maximum absolute atomic E-state index is 12.2. The second-order valence-electron chi connectivity index (χ2n) is 3.70. The van der Waals surface area contributed by atoms with E-state index in [0.29, 0.717) is 12.8 Å². The summed E-state index contributed by atoms with van der Waals surface area (Å²) in [6.45, 7) is 1.90. The first-order valence-corrected chi connectivity index (χ1v) is 5.03. The van der Waals surface area contributed by atoms with Gasteiger partial charge in [0, 0.05) is 19.0 Å². The molecule has 0 spiro atoms. The second kappa shape index (κ2) is 4.83. The summed E-state index contributed by atoms with van der Waals surface area (Å²) in [6, 6.07) is -1.59. The predicted molar refractivity (Wildman–Crippen MR) is 49.3 cm³/mol. The molecule has 1 amide bonds. The Labute approximate surface area is 86.4 Å². The molecule has 0 aliphatic carbocycles. The van der Waals surface area contributed by atoms with E-state index < -0.39 is 12.2 Å². The smallest absolute Gasteiger partial charge is 0.352 e. The zero-order valence-electron chi connectivity index (χ0n) is 8.53. The number of hydrogen-bond acceptors (Lipinski definition) is 2. The lowest BCUT2D eigenvalue weighted by atomic mass is 10.0. The van der Waals surface area contributed by atoms with Gasteiger partial charge in [-0.25, -0.2) is 0 Å². The summed E-state index contributed by atoms with van der Waals surface area (Å²) in [5.41, 5.74) is 0. The quantitative estimate of drug-likeness (QED) is 0.740. The van der Waals surface area contributed by atoms with Crippen molar-refractivity contribution < 1.29 is 18.0 Å². The minimum atomic E-state index is -4.18. The van der Waals surface area contributed by atoms with Crippen LogP contribution >= 0.6 is 0 Å². The summed E-state index contributed by atoms with van der Waals surface area (Å²) in [5, 5.41) is 5.07. The van der Waals surface area contributed by atoms with Crippen LogP contribution in [0.5, 0.6) is 0 Å². The summed E-state index contributed by atoms with van der Waals surface area (Å²) in [4.78, 5) is 11.0. The first-order valence-electron chi connectivity index (χ1n) is 5.03. The summed E-state index contributed by atoms with van der Waals surface area (Å²) in [5.74, 6) is -0.118. The van der Waals surface area contributed by atoms with E-state index >= 15 is 0 Å². The molecule has 0 aromatic rings. The maximum Gasteiger partial charge on any atom is 0.403 e. The van der Waals surface area contributed by atoms with Gasteiger partial charge in [-0.05, 0) is 12.8 Å². The van der Waals surface area contributed by atoms with E-state index in [1.165, 1.54) is 0 Å². The highest BCUT2D eigenvalue weighted by Gasteiger charge is 2.41. The third-order valence-electron chi connectivity index (χ3n) is 2.50. The van der Waals surface area contributed by atoms with Crippen LogP contribution in [0.4, 0.5) is 13.2 Å². The molecule has 0 radical (unpaired) electrons. The lowest BCUT2D eigenvalue weighted by Crippen LogP contribution is -2.54. The van der Waals surface area contributed by atoms with E-state index in [-0.39, 0.29) is 24.9 Å². The number of carbonyl (C=O) groups is 1. The molecule has 1 fully saturated rings. The summed E-state index contributed by atoms with van der Waals surface area (Å²) < 4.78 is 36.7. The largest absolute Gasteiger partial charge is 0.403 e. The first-order chi connectivity index (χ1) is 6.93. The molecular formula is C9H15F3N2O. The average Bonchev–Trinajstić information content (AvgIpc) is 2.17. The van der Waals surface area contributed by atoms with E-state index in [1.807, 2.05) is 0 Å². The number of alkyl halides is 3. The van der Waals surface area contributed by atoms with Crippen LogP contribution in [0.3, 0.4) is 0 Å². The number of rotatable bonds is 2. The topological polar surface area (TPSA) is 41.1 Å². The lowest BCUT2D eigenvalue weighted by Gasteiger charge is -2.31. The molecule has 0 saturated carbocycles. The van der Waals surface area contributed by atoms with Crippen molar-refractivity contribution in [2.45, 2.75) is 44.4 Å². The van der Waals surface area contributed by atoms with Crippen molar-refractivity contribution in [3.8, 4) is 0 Å². The molecule has 0 aromatic heterocycles. The molecule has 0 bridgehead atoms. The van der Waals surface area contributed by atoms with Crippen molar-refractivity contribution in [2.75, 3.05) is 6.54 Å². The van der Waals surface area contributed by atoms with Crippen molar-refractivity contribution in [2.24, 2.45) is 0 Å². The Hall–Kier alpha value is -0.780. The van der Waals surface area contributed by atoms with Gasteiger partial charge in [0.05, 0.1) is 0 Å². The lowest BCUT2D eigenvalue weighted by molar-refractivity contribution is -0.161. The molecule has 1 aliphatic rings. The van der Waals surface area contributed by atoms with Crippen molar-refractivity contribution in [3.63, 3.8) is 0 Å². The van der Waals surface area contributed by atoms with Crippen LogP contribution < -0.4 is 10.6 Å². The van der Waals surface area contributed by atoms with Gasteiger partial charge >= 0.3 is 6.18 Å². The number of piperidine rings is 1. The van der Waals surface area contributed by atoms with E-state index in [0.717, 1.165) is 0 Å². The third kappa shape index (κ3) is 3.70. The molecule has 2 atom stereocenters. The molecule has 15 heavy (non-hydrogen) atoms. The van der Waals surface area contributed by atoms with Gasteiger partial charge in [-0.3, -0.25) is 4.79 Å². The standard InChI is InChI=1S/C9H15F3N2O/c1-2-8(15)14-6-3-4-7(13-5-6)9(10,11)12/h6-7,13H,2-5H2,1H3,(H,14,15). The second-order valence-corrected chi connectivity index (χ2v) is 3.70. The fraction of sp³-hybridized carbons (Fsp3) is 0.889. The fourth-order valence-electron chi connectivity index (χ4n) is 1.59. The molecular weight excluding hydrogens is 209 g/mol. The Kier molecular flexibility index (Phi) is 3.96. The number of nitrogens with one attached hydrogen (secondary N) is 2. The van der Waals surface area contributed by atoms with Crippen LogP contribution in [0.25, 0.3) is 0 Å². The zero-order valence-corrected chi connectivity index (χ0v) is 8.53. The van der Waals surface area contributed by atoms with Crippen molar-refractivity contribution in [1.82, 2.24) is 10.6 Å². The van der Waals surface area contributed by atoms with E-state index in [1.54, 1.807) is 6.92 Å². The van der Waals surface area contributed by atoms with Crippen LogP contribution in [0.15, 0.2) is 0 Å². The van der Waals surface area contributed by atoms with Gasteiger partial charge in [-0.2, -0.15) is 13.2 Å². The Morgan fingerprint density at radius 3 is 2.53 bits per heavy atom. The molecule has 3 nitrogen and oxygen atoms in total. The van der Waals surface area contributed by atoms with Gasteiger partial charge in [0.2, 0.25) is 5.91 Å². The molecule has 0 aromatic carbocycles. The Morgan fingerprint density at radius 2 is 2.13 bits per heavy atom. The van der Waals surface area contributed by atoms with Crippen LogP contribution in [-0.4, -0.2) is 30.7 Å². The van der Waals surface area contributed by atoms with Crippen molar-refractivity contribution in [3.05, 3.63) is 0 Å². The van der Waals surface area contributed by atoms with Crippen molar-refractivity contribution in [1.29, 1.82) is 0 Å². The minimum Gasteiger partial charge on any atom is -0.352 e. The number of hydrogen-bond donors (Lipinski definition) is 2. The molecule has 6 heteroatoms. The predicted octanol–water partition coefficient (Wildman–Crippen LogP) is 1.20. The van der Waals surface area contributed by atoms with Crippen LogP contribution in [-0.2, 0) is 4.79 Å². The Morgan fingerprint density at radius 1 is 1.47 bits per heavy atom. The SMILES string of the molecule is CCC(=O)NC1CCC(C(F)(F)F)NC1. The van der Waals surface area contributed by atoms with E-state index in [4.69, 9.17) is 0 Å². The van der Waals surface area contributed by atoms with Crippen molar-refractivity contribution >= 4 is 5.91 Å². The van der Waals surface area contributed by atoms with E-state index in [9.17, 15) is 18.0 Å². The van der Waals surface area contributed by atoms with Gasteiger partial charge in [-0.15, -0.1) is 0 Å². The number of amides is 1. The molecule has 2 unspecified atom stereocenters. The Bertz CT molecular complexity index is 222. The molecule has 1 rings (SSSR count). The minimum absolute atomic E-state index is 0.0260. The van der Waals surface area contributed by atoms with Crippen LogP contribution in [0, 0.1) is 0 Å². The highest BCUT2D eigenvalue weighted by atomic mass is 19.4. The van der Waals surface area contributed by atoms with E-state index in [2.05, 4.69) is 10.6 Å². The number of carbonyl (C=O) groups excluding carboxylic acids is 1. The van der Waals surface area contributed by atoms with Crippen LogP contribution in [0.2, 0.25) is 0 Å². The summed E-state index contributed by atoms with van der Waals surface area (Å²) in [7, 11) is 0. The first kappa shape index (κ1) is 12.3. The van der Waals surface area contributed by atoms with Gasteiger partial charge in [0.25, 0.3) is 0 Å².